The molecule has 2 N–H and O–H groups in total. The van der Waals surface area contributed by atoms with Crippen LogP contribution in [0.1, 0.15) is 21.6 Å². The average molecular weight is 307 g/mol. The van der Waals surface area contributed by atoms with Gasteiger partial charge in [0.05, 0.1) is 19.1 Å². The first-order valence-corrected chi connectivity index (χ1v) is 7.33. The van der Waals surface area contributed by atoms with Gasteiger partial charge in [0.1, 0.15) is 5.69 Å². The van der Waals surface area contributed by atoms with Gasteiger partial charge in [-0.2, -0.15) is 0 Å². The predicted octanol–water partition coefficient (Wildman–Crippen LogP) is 2.29. The maximum Gasteiger partial charge on any atom is 0.270 e. The maximum absolute atomic E-state index is 12.4. The molecule has 0 saturated carbocycles. The van der Waals surface area contributed by atoms with Gasteiger partial charge in [-0.15, -0.1) is 0 Å². The molecular weight excluding hydrogens is 290 g/mol. The van der Waals surface area contributed by atoms with Crippen LogP contribution in [0.15, 0.2) is 67.1 Å². The summed E-state index contributed by atoms with van der Waals surface area (Å²) in [5, 5.41) is 12.2. The molecule has 0 saturated heterocycles. The number of imidazole rings is 1. The van der Waals surface area contributed by atoms with Crippen molar-refractivity contribution >= 4 is 5.91 Å². The van der Waals surface area contributed by atoms with Crippen LogP contribution in [0.2, 0.25) is 0 Å². The largest absolute Gasteiger partial charge is 0.392 e. The van der Waals surface area contributed by atoms with Crippen molar-refractivity contribution in [2.24, 2.45) is 0 Å². The van der Waals surface area contributed by atoms with Crippen molar-refractivity contribution in [3.8, 4) is 5.69 Å². The Hall–Kier alpha value is -2.92. The van der Waals surface area contributed by atoms with E-state index in [1.54, 1.807) is 17.1 Å². The molecule has 0 atom stereocenters. The van der Waals surface area contributed by atoms with Crippen LogP contribution in [-0.4, -0.2) is 20.6 Å². The lowest BCUT2D eigenvalue weighted by molar-refractivity contribution is 0.0943. The lowest BCUT2D eigenvalue weighted by atomic mass is 10.1. The molecular formula is C18H17N3O2. The Morgan fingerprint density at radius 2 is 1.74 bits per heavy atom. The van der Waals surface area contributed by atoms with E-state index in [9.17, 15) is 9.90 Å². The first-order chi connectivity index (χ1) is 11.3. The summed E-state index contributed by atoms with van der Waals surface area (Å²) in [5.74, 6) is -0.209. The number of nitrogens with zero attached hydrogens (tertiary/aromatic N) is 2. The number of hydrogen-bond acceptors (Lipinski definition) is 3. The Morgan fingerprint density at radius 1 is 1.04 bits per heavy atom. The molecule has 3 aromatic rings. The predicted molar refractivity (Wildman–Crippen MR) is 87.1 cm³/mol. The Kier molecular flexibility index (Phi) is 4.49. The van der Waals surface area contributed by atoms with Crippen LogP contribution in [0.25, 0.3) is 5.69 Å². The van der Waals surface area contributed by atoms with Gasteiger partial charge < -0.3 is 10.4 Å². The molecule has 5 heteroatoms. The van der Waals surface area contributed by atoms with Crippen molar-refractivity contribution in [3.63, 3.8) is 0 Å². The summed E-state index contributed by atoms with van der Waals surface area (Å²) in [6.07, 6.45) is 3.16. The second-order valence-corrected chi connectivity index (χ2v) is 5.09. The third kappa shape index (κ3) is 3.30. The number of amides is 1. The van der Waals surface area contributed by atoms with Crippen LogP contribution < -0.4 is 5.32 Å². The summed E-state index contributed by atoms with van der Waals surface area (Å²) >= 11 is 0. The summed E-state index contributed by atoms with van der Waals surface area (Å²) in [6.45, 7) is 0.309. The van der Waals surface area contributed by atoms with Gasteiger partial charge in [-0.25, -0.2) is 4.98 Å². The molecule has 0 aliphatic carbocycles. The molecule has 0 unspecified atom stereocenters. The number of nitrogens with one attached hydrogen (secondary N) is 1. The molecule has 2 aromatic carbocycles. The van der Waals surface area contributed by atoms with Gasteiger partial charge in [-0.3, -0.25) is 9.36 Å². The first kappa shape index (κ1) is 15.0. The van der Waals surface area contributed by atoms with Gasteiger partial charge in [0, 0.05) is 12.2 Å². The van der Waals surface area contributed by atoms with Crippen LogP contribution in [0.3, 0.4) is 0 Å². The van der Waals surface area contributed by atoms with Gasteiger partial charge in [-0.1, -0.05) is 42.5 Å². The maximum atomic E-state index is 12.4. The van der Waals surface area contributed by atoms with Crippen molar-refractivity contribution < 1.29 is 9.90 Å². The second-order valence-electron chi connectivity index (χ2n) is 5.09. The fourth-order valence-electron chi connectivity index (χ4n) is 2.41. The van der Waals surface area contributed by atoms with E-state index in [1.165, 1.54) is 0 Å². The number of aliphatic hydroxyl groups is 1. The van der Waals surface area contributed by atoms with Crippen LogP contribution in [0.5, 0.6) is 0 Å². The van der Waals surface area contributed by atoms with E-state index in [2.05, 4.69) is 10.3 Å². The highest BCUT2D eigenvalue weighted by Gasteiger charge is 2.13. The third-order valence-electron chi connectivity index (χ3n) is 3.63. The van der Waals surface area contributed by atoms with Crippen molar-refractivity contribution in [1.82, 2.24) is 14.9 Å². The molecule has 3 rings (SSSR count). The molecule has 5 nitrogen and oxygen atoms in total. The van der Waals surface area contributed by atoms with Crippen molar-refractivity contribution in [3.05, 3.63) is 83.9 Å². The Morgan fingerprint density at radius 3 is 2.48 bits per heavy atom. The molecule has 0 spiro atoms. The van der Waals surface area contributed by atoms with Crippen LogP contribution in [0, 0.1) is 0 Å². The lowest BCUT2D eigenvalue weighted by Gasteiger charge is -2.10. The third-order valence-corrected chi connectivity index (χ3v) is 3.63. The summed E-state index contributed by atoms with van der Waals surface area (Å²) in [7, 11) is 0. The van der Waals surface area contributed by atoms with E-state index in [4.69, 9.17) is 0 Å². The van der Waals surface area contributed by atoms with Crippen LogP contribution in [-0.2, 0) is 13.2 Å². The zero-order valence-electron chi connectivity index (χ0n) is 12.5. The summed E-state index contributed by atoms with van der Waals surface area (Å²) in [6, 6.07) is 17.1. The Bertz CT molecular complexity index is 797. The number of benzene rings is 2. The number of carbonyl (C=O) groups excluding carboxylic acids is 1. The van der Waals surface area contributed by atoms with Crippen molar-refractivity contribution in [2.75, 3.05) is 0 Å². The number of hydrogen-bond donors (Lipinski definition) is 2. The summed E-state index contributed by atoms with van der Waals surface area (Å²) in [5.41, 5.74) is 3.06. The van der Waals surface area contributed by atoms with E-state index in [-0.39, 0.29) is 12.5 Å². The first-order valence-electron chi connectivity index (χ1n) is 7.33. The second kappa shape index (κ2) is 6.89. The molecule has 116 valence electrons. The number of aliphatic hydroxyl groups excluding tert-OH is 1. The summed E-state index contributed by atoms with van der Waals surface area (Å²) in [4.78, 5) is 16.5. The molecule has 0 fully saturated rings. The average Bonchev–Trinajstić information content (AvgIpc) is 3.10. The SMILES string of the molecule is O=C(NCc1ccccc1CO)c1cncn1-c1ccccc1. The number of rotatable bonds is 5. The minimum absolute atomic E-state index is 0.0476. The van der Waals surface area contributed by atoms with Gasteiger partial charge >= 0.3 is 0 Å². The molecule has 0 aliphatic heterocycles. The highest BCUT2D eigenvalue weighted by molar-refractivity contribution is 5.92. The normalized spacial score (nSPS) is 10.5. The highest BCUT2D eigenvalue weighted by atomic mass is 16.3. The fraction of sp³-hybridized carbons (Fsp3) is 0.111. The number of aromatic nitrogens is 2. The van der Waals surface area contributed by atoms with Gasteiger partial charge in [0.2, 0.25) is 0 Å². The zero-order valence-corrected chi connectivity index (χ0v) is 12.5. The summed E-state index contributed by atoms with van der Waals surface area (Å²) < 4.78 is 1.74. The highest BCUT2D eigenvalue weighted by Crippen LogP contribution is 2.12. The standard InChI is InChI=1S/C18H17N3O2/c22-12-15-7-5-4-6-14(15)10-20-18(23)17-11-19-13-21(17)16-8-2-1-3-9-16/h1-9,11,13,22H,10,12H2,(H,20,23). The van der Waals surface area contributed by atoms with Crippen molar-refractivity contribution in [2.45, 2.75) is 13.2 Å². The van der Waals surface area contributed by atoms with E-state index in [0.29, 0.717) is 12.2 Å². The van der Waals surface area contributed by atoms with E-state index < -0.39 is 0 Å². The molecule has 1 aromatic heterocycles. The molecule has 1 amide bonds. The fourth-order valence-corrected chi connectivity index (χ4v) is 2.41. The van der Waals surface area contributed by atoms with E-state index in [1.807, 2.05) is 54.6 Å². The lowest BCUT2D eigenvalue weighted by Crippen LogP contribution is -2.25. The van der Waals surface area contributed by atoms with Crippen LogP contribution >= 0.6 is 0 Å². The topological polar surface area (TPSA) is 67.2 Å². The van der Waals surface area contributed by atoms with Crippen LogP contribution in [0.4, 0.5) is 0 Å². The number of carbonyl (C=O) groups is 1. The van der Waals surface area contributed by atoms with Gasteiger partial charge in [0.25, 0.3) is 5.91 Å². The minimum atomic E-state index is -0.209. The van der Waals surface area contributed by atoms with E-state index >= 15 is 0 Å². The number of para-hydroxylation sites is 1. The molecule has 0 radical (unpaired) electrons. The zero-order chi connectivity index (χ0) is 16.1. The molecule has 1 heterocycles. The monoisotopic (exact) mass is 307 g/mol. The molecule has 23 heavy (non-hydrogen) atoms. The Labute approximate surface area is 134 Å². The molecule has 0 aliphatic rings. The smallest absolute Gasteiger partial charge is 0.270 e. The van der Waals surface area contributed by atoms with Gasteiger partial charge in [-0.05, 0) is 23.3 Å². The molecule has 0 bridgehead atoms. The quantitative estimate of drug-likeness (QED) is 0.760. The van der Waals surface area contributed by atoms with E-state index in [0.717, 1.165) is 16.8 Å². The Balaban J connectivity index is 1.76. The van der Waals surface area contributed by atoms with Gasteiger partial charge in [0.15, 0.2) is 0 Å². The van der Waals surface area contributed by atoms with Crippen molar-refractivity contribution in [1.29, 1.82) is 0 Å². The minimum Gasteiger partial charge on any atom is -0.392 e.